The molecule has 1 rings (SSSR count). The monoisotopic (exact) mass is 248 g/mol. The van der Waals surface area contributed by atoms with E-state index in [1.807, 2.05) is 36.4 Å². The molecular weight excluding hydrogens is 232 g/mol. The molecule has 19 heavy (non-hydrogen) atoms. The van der Waals surface area contributed by atoms with Crippen molar-refractivity contribution >= 4 is 5.57 Å². The third kappa shape index (κ3) is 3.21. The van der Waals surface area contributed by atoms with Crippen LogP contribution in [0.4, 0.5) is 0 Å². The summed E-state index contributed by atoms with van der Waals surface area (Å²) in [7, 11) is 0. The van der Waals surface area contributed by atoms with Gasteiger partial charge in [-0.05, 0) is 17.6 Å². The lowest BCUT2D eigenvalue weighted by Gasteiger charge is -2.21. The normalized spacial score (nSPS) is 11.2. The van der Waals surface area contributed by atoms with Crippen LogP contribution in [0.25, 0.3) is 5.57 Å². The fraction of sp³-hybridized carbons (Fsp3) is 0.176. The van der Waals surface area contributed by atoms with Crippen molar-refractivity contribution in [2.45, 2.75) is 12.8 Å². The molecule has 0 atom stereocenters. The van der Waals surface area contributed by atoms with Crippen LogP contribution in [0.5, 0.6) is 0 Å². The molecule has 0 bridgehead atoms. The highest BCUT2D eigenvalue weighted by Gasteiger charge is 2.34. The van der Waals surface area contributed by atoms with Gasteiger partial charge in [-0.25, -0.2) is 0 Å². The summed E-state index contributed by atoms with van der Waals surface area (Å²) in [5, 5.41) is 18.9. The summed E-state index contributed by atoms with van der Waals surface area (Å²) in [5.74, 6) is 0. The van der Waals surface area contributed by atoms with E-state index in [0.29, 0.717) is 12.8 Å². The van der Waals surface area contributed by atoms with Gasteiger partial charge in [0, 0.05) is 6.42 Å². The molecule has 0 saturated carbocycles. The molecule has 2 nitrogen and oxygen atoms in total. The Morgan fingerprint density at radius 1 is 1.11 bits per heavy atom. The number of hydrogen-bond acceptors (Lipinski definition) is 2. The van der Waals surface area contributed by atoms with Crippen LogP contribution in [0.2, 0.25) is 0 Å². The Kier molecular flexibility index (Phi) is 5.33. The Hall–Kier alpha value is -2.58. The van der Waals surface area contributed by atoms with E-state index in [0.717, 1.165) is 11.1 Å². The molecule has 1 aromatic rings. The lowest BCUT2D eigenvalue weighted by Crippen LogP contribution is -2.17. The Morgan fingerprint density at radius 2 is 1.74 bits per heavy atom. The topological polar surface area (TPSA) is 47.6 Å². The Morgan fingerprint density at radius 3 is 2.21 bits per heavy atom. The Bertz CT molecular complexity index is 539. The molecule has 0 N–H and O–H groups in total. The minimum atomic E-state index is -1.19. The van der Waals surface area contributed by atoms with E-state index in [1.54, 1.807) is 12.2 Å². The van der Waals surface area contributed by atoms with Crippen molar-refractivity contribution in [1.29, 1.82) is 10.5 Å². The third-order valence-electron chi connectivity index (χ3n) is 2.87. The maximum absolute atomic E-state index is 9.45. The summed E-state index contributed by atoms with van der Waals surface area (Å²) >= 11 is 0. The quantitative estimate of drug-likeness (QED) is 0.706. The summed E-state index contributed by atoms with van der Waals surface area (Å²) in [5.41, 5.74) is 0.416. The molecule has 0 radical (unpaired) electrons. The van der Waals surface area contributed by atoms with Crippen LogP contribution in [0.15, 0.2) is 61.7 Å². The lowest BCUT2D eigenvalue weighted by atomic mass is 9.76. The molecule has 0 unspecified atom stereocenters. The van der Waals surface area contributed by atoms with Crippen molar-refractivity contribution in [3.63, 3.8) is 0 Å². The van der Waals surface area contributed by atoms with Crippen molar-refractivity contribution < 1.29 is 0 Å². The second-order valence-electron chi connectivity index (χ2n) is 4.13. The average Bonchev–Trinajstić information content (AvgIpc) is 2.47. The molecule has 0 heterocycles. The lowest BCUT2D eigenvalue weighted by molar-refractivity contribution is 0.696. The molecule has 0 aliphatic carbocycles. The highest BCUT2D eigenvalue weighted by Crippen LogP contribution is 2.38. The van der Waals surface area contributed by atoms with Crippen molar-refractivity contribution in [3.8, 4) is 12.1 Å². The second-order valence-corrected chi connectivity index (χ2v) is 4.13. The number of nitrogens with zero attached hydrogens (tertiary/aromatic N) is 2. The van der Waals surface area contributed by atoms with Gasteiger partial charge in [-0.1, -0.05) is 48.6 Å². The van der Waals surface area contributed by atoms with Gasteiger partial charge in [-0.15, -0.1) is 13.2 Å². The number of rotatable bonds is 6. The average molecular weight is 248 g/mol. The highest BCUT2D eigenvalue weighted by molar-refractivity contribution is 5.76. The van der Waals surface area contributed by atoms with Gasteiger partial charge in [-0.2, -0.15) is 10.5 Å². The SMILES string of the molecule is C=CC/C=C(\c1ccccc1)C(C#N)(C#N)CC=C. The van der Waals surface area contributed by atoms with Crippen LogP contribution in [-0.2, 0) is 0 Å². The van der Waals surface area contributed by atoms with Crippen LogP contribution in [-0.4, -0.2) is 0 Å². The molecule has 0 aromatic heterocycles. The standard InChI is InChI=1S/C17H16N2/c1-3-5-11-16(15-9-7-6-8-10-15)17(13-18,14-19)12-4-2/h3-4,6-11H,1-2,5,12H2/b16-11+. The molecule has 0 fully saturated rings. The van der Waals surface area contributed by atoms with E-state index < -0.39 is 5.41 Å². The molecular formula is C17H16N2. The molecule has 0 spiro atoms. The van der Waals surface area contributed by atoms with Gasteiger partial charge >= 0.3 is 0 Å². The predicted octanol–water partition coefficient (Wildman–Crippen LogP) is 4.26. The van der Waals surface area contributed by atoms with Gasteiger partial charge in [-0.3, -0.25) is 0 Å². The van der Waals surface area contributed by atoms with E-state index >= 15 is 0 Å². The van der Waals surface area contributed by atoms with Crippen LogP contribution in [0.3, 0.4) is 0 Å². The Balaban J connectivity index is 3.40. The smallest absolute Gasteiger partial charge is 0.172 e. The third-order valence-corrected chi connectivity index (χ3v) is 2.87. The fourth-order valence-electron chi connectivity index (χ4n) is 1.92. The maximum Gasteiger partial charge on any atom is 0.172 e. The molecule has 94 valence electrons. The van der Waals surface area contributed by atoms with Crippen LogP contribution < -0.4 is 0 Å². The maximum atomic E-state index is 9.45. The second kappa shape index (κ2) is 6.99. The van der Waals surface area contributed by atoms with Gasteiger partial charge in [0.25, 0.3) is 0 Å². The van der Waals surface area contributed by atoms with Crippen LogP contribution in [0.1, 0.15) is 18.4 Å². The predicted molar refractivity (Wildman–Crippen MR) is 77.7 cm³/mol. The summed E-state index contributed by atoms with van der Waals surface area (Å²) in [6, 6.07) is 13.8. The van der Waals surface area contributed by atoms with Gasteiger partial charge in [0.1, 0.15) is 0 Å². The molecule has 2 heteroatoms. The molecule has 0 aliphatic heterocycles. The van der Waals surface area contributed by atoms with Gasteiger partial charge in [0.2, 0.25) is 0 Å². The zero-order chi connectivity index (χ0) is 14.1. The van der Waals surface area contributed by atoms with Gasteiger partial charge in [0.15, 0.2) is 5.41 Å². The zero-order valence-corrected chi connectivity index (χ0v) is 10.8. The highest BCUT2D eigenvalue weighted by atomic mass is 14.4. The molecule has 0 aliphatic rings. The number of hydrogen-bond donors (Lipinski definition) is 0. The minimum Gasteiger partial charge on any atom is -0.196 e. The van der Waals surface area contributed by atoms with Gasteiger partial charge < -0.3 is 0 Å². The molecule has 0 amide bonds. The van der Waals surface area contributed by atoms with Crippen molar-refractivity contribution in [2.75, 3.05) is 0 Å². The fourth-order valence-corrected chi connectivity index (χ4v) is 1.92. The molecule has 1 aromatic carbocycles. The van der Waals surface area contributed by atoms with E-state index in [4.69, 9.17) is 0 Å². The van der Waals surface area contributed by atoms with Crippen molar-refractivity contribution in [3.05, 3.63) is 67.3 Å². The Labute approximate surface area is 114 Å². The summed E-state index contributed by atoms with van der Waals surface area (Å²) in [6.07, 6.45) is 6.16. The minimum absolute atomic E-state index is 0.303. The van der Waals surface area contributed by atoms with E-state index in [9.17, 15) is 10.5 Å². The first-order valence-corrected chi connectivity index (χ1v) is 6.04. The zero-order valence-electron chi connectivity index (χ0n) is 10.8. The summed E-state index contributed by atoms with van der Waals surface area (Å²) < 4.78 is 0. The summed E-state index contributed by atoms with van der Waals surface area (Å²) in [4.78, 5) is 0. The van der Waals surface area contributed by atoms with Gasteiger partial charge in [0.05, 0.1) is 12.1 Å². The van der Waals surface area contributed by atoms with Crippen molar-refractivity contribution in [1.82, 2.24) is 0 Å². The number of nitriles is 2. The number of benzene rings is 1. The van der Waals surface area contributed by atoms with E-state index in [1.165, 1.54) is 0 Å². The number of allylic oxidation sites excluding steroid dienone is 4. The molecule has 0 saturated heterocycles. The van der Waals surface area contributed by atoms with Crippen molar-refractivity contribution in [2.24, 2.45) is 5.41 Å². The van der Waals surface area contributed by atoms with E-state index in [2.05, 4.69) is 25.3 Å². The summed E-state index contributed by atoms with van der Waals surface area (Å²) in [6.45, 7) is 7.32. The first kappa shape index (κ1) is 14.5. The van der Waals surface area contributed by atoms with Crippen LogP contribution in [0, 0.1) is 28.1 Å². The first-order valence-electron chi connectivity index (χ1n) is 6.04. The largest absolute Gasteiger partial charge is 0.196 e. The van der Waals surface area contributed by atoms with E-state index in [-0.39, 0.29) is 0 Å². The van der Waals surface area contributed by atoms with Crippen LogP contribution >= 0.6 is 0 Å². The first-order chi connectivity index (χ1) is 9.24.